The van der Waals surface area contributed by atoms with Crippen LogP contribution in [-0.2, 0) is 0 Å². The van der Waals surface area contributed by atoms with E-state index in [1.165, 1.54) is 0 Å². The molecule has 0 aliphatic rings. The van der Waals surface area contributed by atoms with Crippen LogP contribution in [0, 0.1) is 0 Å². The molecule has 0 aliphatic carbocycles. The molecule has 5 aromatic heterocycles. The van der Waals surface area contributed by atoms with Gasteiger partial charge in [-0.1, -0.05) is 169 Å². The highest BCUT2D eigenvalue weighted by molar-refractivity contribution is 6.26. The lowest BCUT2D eigenvalue weighted by atomic mass is 10.0. The third-order valence-corrected chi connectivity index (χ3v) is 13.3. The van der Waals surface area contributed by atoms with Gasteiger partial charge in [0.05, 0.1) is 48.3 Å². The summed E-state index contributed by atoms with van der Waals surface area (Å²) in [6.45, 7) is 0. The minimum Gasteiger partial charge on any atom is -0.456 e. The molecule has 0 amide bonds. The van der Waals surface area contributed by atoms with Gasteiger partial charge in [-0.15, -0.1) is 0 Å². The Bertz CT molecular complexity index is 5480. The van der Waals surface area contributed by atoms with Gasteiger partial charge in [0, 0.05) is 71.4 Å². The fraction of sp³-hybridized carbons (Fsp3) is 0. The van der Waals surface area contributed by atoms with E-state index >= 15 is 0 Å². The standard InChI is InChI=1S/C66H40N8O/c1-5-19-41(20-6-1)61-68-64(70-65(69-61)45-34-38-58-51(39-45)48-28-15-18-32-57(48)75-58)44-33-36-55(52(40-44)66-71-62(42-21-7-2-8-22-42)67-63(72-66)43-23-9-3-10-24-43)74-53-30-16-13-27-47(53)49-35-37-56-59(60(49)74)50-29-14-17-31-54(50)73(56)46-25-11-4-12-26-46/h1-40H/i1D,2D,3D,5D,6D,7D,8D,9D,10D,19D,20D,21D,22D,23D,24D. The third kappa shape index (κ3) is 7.01. The lowest BCUT2D eigenvalue weighted by molar-refractivity contribution is 0.669. The zero-order chi connectivity index (χ0) is 62.5. The summed E-state index contributed by atoms with van der Waals surface area (Å²) in [4.78, 5) is 29.4. The van der Waals surface area contributed by atoms with Gasteiger partial charge in [0.1, 0.15) is 11.2 Å². The Morgan fingerprint density at radius 3 is 1.47 bits per heavy atom. The summed E-state index contributed by atoms with van der Waals surface area (Å²) < 4.78 is 143. The molecule has 0 bridgehead atoms. The van der Waals surface area contributed by atoms with Crippen molar-refractivity contribution in [2.24, 2.45) is 0 Å². The van der Waals surface area contributed by atoms with Crippen molar-refractivity contribution in [1.82, 2.24) is 39.0 Å². The van der Waals surface area contributed by atoms with Gasteiger partial charge < -0.3 is 13.6 Å². The number of furan rings is 1. The van der Waals surface area contributed by atoms with Crippen molar-refractivity contribution in [2.45, 2.75) is 0 Å². The van der Waals surface area contributed by atoms with Gasteiger partial charge in [0.25, 0.3) is 0 Å². The topological polar surface area (TPSA) is 100 Å². The van der Waals surface area contributed by atoms with E-state index in [1.54, 1.807) is 30.3 Å². The minimum atomic E-state index is -0.718. The Kier molecular flexibility index (Phi) is 6.82. The molecule has 0 aliphatic heterocycles. The number of hydrogen-bond donors (Lipinski definition) is 0. The van der Waals surface area contributed by atoms with Gasteiger partial charge in [0.15, 0.2) is 34.9 Å². The van der Waals surface area contributed by atoms with Crippen LogP contribution in [0.3, 0.4) is 0 Å². The summed E-state index contributed by atoms with van der Waals surface area (Å²) in [5.41, 5.74) is 5.16. The molecule has 0 spiro atoms. The maximum atomic E-state index is 9.19. The smallest absolute Gasteiger partial charge is 0.166 e. The monoisotopic (exact) mass is 975 g/mol. The highest BCUT2D eigenvalue weighted by atomic mass is 16.3. The first-order chi connectivity index (χ1) is 43.4. The molecule has 0 saturated heterocycles. The molecule has 10 aromatic carbocycles. The van der Waals surface area contributed by atoms with Crippen LogP contribution in [0.4, 0.5) is 0 Å². The molecule has 15 aromatic rings. The molecule has 0 unspecified atom stereocenters. The van der Waals surface area contributed by atoms with Crippen LogP contribution in [0.15, 0.2) is 247 Å². The van der Waals surface area contributed by atoms with E-state index in [0.717, 1.165) is 49.2 Å². The van der Waals surface area contributed by atoms with Gasteiger partial charge in [-0.2, -0.15) is 0 Å². The zero-order valence-electron chi connectivity index (χ0n) is 53.9. The molecule has 0 N–H and O–H groups in total. The van der Waals surface area contributed by atoms with E-state index in [4.69, 9.17) is 44.4 Å². The third-order valence-electron chi connectivity index (χ3n) is 13.3. The van der Waals surface area contributed by atoms with E-state index in [-0.39, 0.29) is 40.0 Å². The van der Waals surface area contributed by atoms with Crippen LogP contribution in [0.25, 0.3) is 145 Å². The number of aromatic nitrogens is 8. The first-order valence-corrected chi connectivity index (χ1v) is 23.7. The average molecular weight is 976 g/mol. The maximum Gasteiger partial charge on any atom is 0.166 e. The number of hydrogen-bond acceptors (Lipinski definition) is 7. The van der Waals surface area contributed by atoms with Crippen LogP contribution in [-0.4, -0.2) is 39.0 Å². The Hall–Kier alpha value is -10.4. The predicted octanol–water partition coefficient (Wildman–Crippen LogP) is 16.2. The summed E-state index contributed by atoms with van der Waals surface area (Å²) in [5.74, 6) is -1.59. The normalized spacial score (nSPS) is 14.5. The molecule has 0 saturated carbocycles. The Balaban J connectivity index is 1.09. The summed E-state index contributed by atoms with van der Waals surface area (Å²) in [5, 5.41) is 4.94. The molecule has 9 nitrogen and oxygen atoms in total. The number of benzene rings is 10. The second-order valence-corrected chi connectivity index (χ2v) is 17.6. The fourth-order valence-corrected chi connectivity index (χ4v) is 10.1. The quantitative estimate of drug-likeness (QED) is 0.149. The Labute approximate surface area is 450 Å². The van der Waals surface area contributed by atoms with Gasteiger partial charge in [-0.3, -0.25) is 0 Å². The summed E-state index contributed by atoms with van der Waals surface area (Å²) in [7, 11) is 0. The van der Waals surface area contributed by atoms with Gasteiger partial charge in [-0.25, -0.2) is 29.9 Å². The molecular formula is C66H40N8O. The van der Waals surface area contributed by atoms with Gasteiger partial charge in [-0.05, 0) is 72.8 Å². The molecule has 0 radical (unpaired) electrons. The summed E-state index contributed by atoms with van der Waals surface area (Å²) >= 11 is 0. The number of rotatable bonds is 8. The predicted molar refractivity (Wildman–Crippen MR) is 302 cm³/mol. The van der Waals surface area contributed by atoms with Gasteiger partial charge in [0.2, 0.25) is 0 Å². The van der Waals surface area contributed by atoms with Crippen LogP contribution in [0.2, 0.25) is 0 Å². The maximum absolute atomic E-state index is 9.19. The average Bonchev–Trinajstić information content (AvgIpc) is 1.53. The second-order valence-electron chi connectivity index (χ2n) is 17.6. The summed E-state index contributed by atoms with van der Waals surface area (Å²) in [6.07, 6.45) is 0. The Morgan fingerprint density at radius 1 is 0.333 bits per heavy atom. The van der Waals surface area contributed by atoms with Crippen molar-refractivity contribution in [3.05, 3.63) is 242 Å². The molecule has 9 heteroatoms. The van der Waals surface area contributed by atoms with Crippen molar-refractivity contribution in [3.8, 4) is 79.7 Å². The number of para-hydroxylation sites is 4. The minimum absolute atomic E-state index is 0.0336. The van der Waals surface area contributed by atoms with E-state index in [1.807, 2.05) is 114 Å². The first-order valence-electron chi connectivity index (χ1n) is 31.2. The molecule has 75 heavy (non-hydrogen) atoms. The lowest BCUT2D eigenvalue weighted by Crippen LogP contribution is -2.05. The van der Waals surface area contributed by atoms with Crippen LogP contribution in [0.5, 0.6) is 0 Å². The van der Waals surface area contributed by atoms with Crippen LogP contribution < -0.4 is 0 Å². The highest BCUT2D eigenvalue weighted by Crippen LogP contribution is 2.44. The SMILES string of the molecule is [2H]c1c([2H])c([2H])c(-c2nc(-c3ccc(-n4c5ccccc5c5ccc6c(c7ccccc7n6-c6ccccc6)c54)c(-c4nc(-c5c([2H])c([2H])c([2H])c([2H])c5[2H])nc(-c5c([2H])c([2H])c([2H])c([2H])c5[2H])n4)c3)nc(-c3ccc4oc5ccccc5c4c3)n2)c([2H])c1[2H]. The number of fused-ring (bicyclic) bond motifs is 10. The van der Waals surface area contributed by atoms with Crippen molar-refractivity contribution < 1.29 is 25.0 Å². The molecule has 0 atom stereocenters. The molecule has 0 fully saturated rings. The van der Waals surface area contributed by atoms with Crippen molar-refractivity contribution in [2.75, 3.05) is 0 Å². The highest BCUT2D eigenvalue weighted by Gasteiger charge is 2.25. The second kappa shape index (κ2) is 17.1. The van der Waals surface area contributed by atoms with Crippen molar-refractivity contribution in [1.29, 1.82) is 0 Å². The lowest BCUT2D eigenvalue weighted by Gasteiger charge is -2.17. The van der Waals surface area contributed by atoms with Crippen LogP contribution >= 0.6 is 0 Å². The van der Waals surface area contributed by atoms with E-state index in [0.29, 0.717) is 33.3 Å². The Morgan fingerprint density at radius 2 is 0.827 bits per heavy atom. The van der Waals surface area contributed by atoms with Crippen LogP contribution in [0.1, 0.15) is 20.6 Å². The molecule has 350 valence electrons. The molecule has 15 rings (SSSR count). The molecular weight excluding hydrogens is 921 g/mol. The van der Waals surface area contributed by atoms with E-state index < -0.39 is 113 Å². The van der Waals surface area contributed by atoms with Gasteiger partial charge >= 0.3 is 0 Å². The first kappa shape index (κ1) is 29.8. The fourth-order valence-electron chi connectivity index (χ4n) is 10.1. The van der Waals surface area contributed by atoms with Crippen molar-refractivity contribution >= 4 is 65.6 Å². The van der Waals surface area contributed by atoms with E-state index in [2.05, 4.69) is 21.7 Å². The molecule has 5 heterocycles. The number of nitrogens with zero attached hydrogens (tertiary/aromatic N) is 8. The zero-order valence-corrected chi connectivity index (χ0v) is 38.9. The van der Waals surface area contributed by atoms with E-state index in [9.17, 15) is 5.48 Å². The van der Waals surface area contributed by atoms with Crippen molar-refractivity contribution in [3.63, 3.8) is 0 Å². The summed E-state index contributed by atoms with van der Waals surface area (Å²) in [6, 6.07) is 37.7. The largest absolute Gasteiger partial charge is 0.456 e.